The molecule has 0 bridgehead atoms. The Bertz CT molecular complexity index is 603. The van der Waals surface area contributed by atoms with Gasteiger partial charge in [0.25, 0.3) is 0 Å². The molecule has 1 saturated heterocycles. The van der Waals surface area contributed by atoms with Gasteiger partial charge in [0, 0.05) is 19.7 Å². The van der Waals surface area contributed by atoms with Gasteiger partial charge in [0.1, 0.15) is 12.4 Å². The van der Waals surface area contributed by atoms with E-state index in [1.807, 2.05) is 12.1 Å². The first-order chi connectivity index (χ1) is 11.3. The molecule has 2 aromatic carbocycles. The molecule has 3 nitrogen and oxygen atoms in total. The average Bonchev–Trinajstić information content (AvgIpc) is 3.08. The van der Waals surface area contributed by atoms with Crippen molar-refractivity contribution < 1.29 is 9.47 Å². The van der Waals surface area contributed by atoms with E-state index in [1.54, 1.807) is 0 Å². The Morgan fingerprint density at radius 3 is 2.78 bits per heavy atom. The minimum atomic E-state index is 0.385. The van der Waals surface area contributed by atoms with Crippen LogP contribution < -0.4 is 10.1 Å². The molecule has 1 atom stereocenters. The van der Waals surface area contributed by atoms with Crippen molar-refractivity contribution in [2.75, 3.05) is 13.2 Å². The zero-order valence-electron chi connectivity index (χ0n) is 13.8. The van der Waals surface area contributed by atoms with E-state index < -0.39 is 0 Å². The fourth-order valence-corrected chi connectivity index (χ4v) is 2.78. The molecular weight excluding hydrogens is 286 g/mol. The van der Waals surface area contributed by atoms with E-state index in [0.29, 0.717) is 12.7 Å². The van der Waals surface area contributed by atoms with E-state index in [9.17, 15) is 0 Å². The smallest absolute Gasteiger partial charge is 0.120 e. The van der Waals surface area contributed by atoms with Gasteiger partial charge in [-0.2, -0.15) is 0 Å². The van der Waals surface area contributed by atoms with E-state index >= 15 is 0 Å². The first-order valence-corrected chi connectivity index (χ1v) is 8.39. The number of benzene rings is 2. The molecule has 0 unspecified atom stereocenters. The van der Waals surface area contributed by atoms with Crippen LogP contribution in [0.25, 0.3) is 0 Å². The summed E-state index contributed by atoms with van der Waals surface area (Å²) in [6.45, 7) is 5.38. The number of ether oxygens (including phenoxy) is 2. The van der Waals surface area contributed by atoms with Crippen LogP contribution in [0.2, 0.25) is 0 Å². The van der Waals surface area contributed by atoms with Crippen molar-refractivity contribution in [2.45, 2.75) is 39.0 Å². The van der Waals surface area contributed by atoms with Gasteiger partial charge in [0.15, 0.2) is 0 Å². The van der Waals surface area contributed by atoms with Gasteiger partial charge in [0.05, 0.1) is 6.10 Å². The Morgan fingerprint density at radius 1 is 1.13 bits per heavy atom. The van der Waals surface area contributed by atoms with Crippen LogP contribution in [0.3, 0.4) is 0 Å². The number of hydrogen-bond acceptors (Lipinski definition) is 3. The summed E-state index contributed by atoms with van der Waals surface area (Å²) in [7, 11) is 0. The lowest BCUT2D eigenvalue weighted by Crippen LogP contribution is -2.25. The highest BCUT2D eigenvalue weighted by molar-refractivity contribution is 5.29. The standard InChI is InChI=1S/C20H25NO2/c1-16-7-9-17(10-8-16)15-23-19-5-2-4-18(12-19)13-21-14-20-6-3-11-22-20/h2,4-5,7-10,12,20-21H,3,6,11,13-15H2,1H3/t20-/m0/s1. The predicted molar refractivity (Wildman–Crippen MR) is 92.6 cm³/mol. The van der Waals surface area contributed by atoms with Crippen molar-refractivity contribution in [1.29, 1.82) is 0 Å². The molecule has 2 aromatic rings. The molecule has 122 valence electrons. The van der Waals surface area contributed by atoms with Crippen LogP contribution in [0.5, 0.6) is 5.75 Å². The van der Waals surface area contributed by atoms with E-state index in [1.165, 1.54) is 29.5 Å². The number of nitrogens with one attached hydrogen (secondary N) is 1. The van der Waals surface area contributed by atoms with Gasteiger partial charge < -0.3 is 14.8 Å². The predicted octanol–water partition coefficient (Wildman–Crippen LogP) is 3.84. The Hall–Kier alpha value is -1.84. The highest BCUT2D eigenvalue weighted by Crippen LogP contribution is 2.16. The SMILES string of the molecule is Cc1ccc(COc2cccc(CNC[C@@H]3CCCO3)c2)cc1. The molecule has 1 fully saturated rings. The molecule has 3 rings (SSSR count). The van der Waals surface area contributed by atoms with Crippen molar-refractivity contribution in [2.24, 2.45) is 0 Å². The first kappa shape index (κ1) is 16.0. The van der Waals surface area contributed by atoms with Crippen LogP contribution in [0, 0.1) is 6.92 Å². The normalized spacial score (nSPS) is 17.3. The summed E-state index contributed by atoms with van der Waals surface area (Å²) in [5.41, 5.74) is 3.70. The Balaban J connectivity index is 1.47. The van der Waals surface area contributed by atoms with Crippen LogP contribution >= 0.6 is 0 Å². The fourth-order valence-electron chi connectivity index (χ4n) is 2.78. The molecule has 0 radical (unpaired) electrons. The molecule has 1 heterocycles. The molecular formula is C20H25NO2. The van der Waals surface area contributed by atoms with Gasteiger partial charge in [-0.1, -0.05) is 42.0 Å². The Kier molecular flexibility index (Phi) is 5.67. The third-order valence-electron chi connectivity index (χ3n) is 4.15. The maximum absolute atomic E-state index is 5.90. The summed E-state index contributed by atoms with van der Waals surface area (Å²) >= 11 is 0. The molecule has 23 heavy (non-hydrogen) atoms. The lowest BCUT2D eigenvalue weighted by molar-refractivity contribution is 0.110. The van der Waals surface area contributed by atoms with E-state index in [-0.39, 0.29) is 0 Å². The molecule has 0 amide bonds. The third-order valence-corrected chi connectivity index (χ3v) is 4.15. The summed E-state index contributed by atoms with van der Waals surface area (Å²) in [6, 6.07) is 16.8. The highest BCUT2D eigenvalue weighted by Gasteiger charge is 2.14. The highest BCUT2D eigenvalue weighted by atomic mass is 16.5. The van der Waals surface area contributed by atoms with Gasteiger partial charge in [-0.25, -0.2) is 0 Å². The van der Waals surface area contributed by atoms with Crippen molar-refractivity contribution in [3.63, 3.8) is 0 Å². The van der Waals surface area contributed by atoms with Gasteiger partial charge in [0.2, 0.25) is 0 Å². The molecule has 0 spiro atoms. The molecule has 0 aliphatic carbocycles. The molecule has 1 N–H and O–H groups in total. The van der Waals surface area contributed by atoms with E-state index in [0.717, 1.165) is 25.4 Å². The van der Waals surface area contributed by atoms with Gasteiger partial charge in [-0.05, 0) is 43.0 Å². The second-order valence-corrected chi connectivity index (χ2v) is 6.19. The van der Waals surface area contributed by atoms with Crippen molar-refractivity contribution in [3.05, 3.63) is 65.2 Å². The lowest BCUT2D eigenvalue weighted by atomic mass is 10.1. The van der Waals surface area contributed by atoms with Crippen molar-refractivity contribution in [3.8, 4) is 5.75 Å². The summed E-state index contributed by atoms with van der Waals surface area (Å²) in [5.74, 6) is 0.919. The number of rotatable bonds is 7. The molecule has 0 aromatic heterocycles. The quantitative estimate of drug-likeness (QED) is 0.842. The van der Waals surface area contributed by atoms with Crippen LogP contribution in [-0.4, -0.2) is 19.3 Å². The molecule has 1 aliphatic rings. The van der Waals surface area contributed by atoms with Crippen molar-refractivity contribution in [1.82, 2.24) is 5.32 Å². The van der Waals surface area contributed by atoms with E-state index in [2.05, 4.69) is 48.6 Å². The average molecular weight is 311 g/mol. The van der Waals surface area contributed by atoms with Gasteiger partial charge in [-0.15, -0.1) is 0 Å². The first-order valence-electron chi connectivity index (χ1n) is 8.39. The van der Waals surface area contributed by atoms with Gasteiger partial charge >= 0.3 is 0 Å². The lowest BCUT2D eigenvalue weighted by Gasteiger charge is -2.12. The van der Waals surface area contributed by atoms with Crippen LogP contribution in [0.4, 0.5) is 0 Å². The molecule has 0 saturated carbocycles. The summed E-state index contributed by atoms with van der Waals surface area (Å²) in [6.07, 6.45) is 2.75. The van der Waals surface area contributed by atoms with Gasteiger partial charge in [-0.3, -0.25) is 0 Å². The summed E-state index contributed by atoms with van der Waals surface area (Å²) in [4.78, 5) is 0. The summed E-state index contributed by atoms with van der Waals surface area (Å²) in [5, 5.41) is 3.47. The minimum absolute atomic E-state index is 0.385. The second kappa shape index (κ2) is 8.14. The van der Waals surface area contributed by atoms with E-state index in [4.69, 9.17) is 9.47 Å². The fraction of sp³-hybridized carbons (Fsp3) is 0.400. The zero-order chi connectivity index (χ0) is 15.9. The largest absolute Gasteiger partial charge is 0.489 e. The number of aryl methyl sites for hydroxylation is 1. The Morgan fingerprint density at radius 2 is 2.00 bits per heavy atom. The van der Waals surface area contributed by atoms with Crippen LogP contribution in [0.15, 0.2) is 48.5 Å². The molecule has 1 aliphatic heterocycles. The summed E-state index contributed by atoms with van der Waals surface area (Å²) < 4.78 is 11.5. The van der Waals surface area contributed by atoms with Crippen molar-refractivity contribution >= 4 is 0 Å². The maximum atomic E-state index is 5.90. The zero-order valence-corrected chi connectivity index (χ0v) is 13.8. The maximum Gasteiger partial charge on any atom is 0.120 e. The second-order valence-electron chi connectivity index (χ2n) is 6.19. The molecule has 3 heteroatoms. The Labute approximate surface area is 138 Å². The topological polar surface area (TPSA) is 30.5 Å². The van der Waals surface area contributed by atoms with Crippen LogP contribution in [0.1, 0.15) is 29.5 Å². The third kappa shape index (κ3) is 5.08. The number of hydrogen-bond donors (Lipinski definition) is 1. The van der Waals surface area contributed by atoms with Crippen LogP contribution in [-0.2, 0) is 17.9 Å². The minimum Gasteiger partial charge on any atom is -0.489 e. The monoisotopic (exact) mass is 311 g/mol.